The molecule has 0 radical (unpaired) electrons. The van der Waals surface area contributed by atoms with Crippen LogP contribution in [0.25, 0.3) is 0 Å². The smallest absolute Gasteiger partial charge is 0.336 e. The number of nitrogens with zero attached hydrogens (tertiary/aromatic N) is 3. The number of carbonyl (C=O) groups is 2. The van der Waals surface area contributed by atoms with Gasteiger partial charge in [0.1, 0.15) is 36.2 Å². The number of carboxylic acid groups (broad SMARTS) is 1. The molecule has 0 bridgehead atoms. The van der Waals surface area contributed by atoms with E-state index in [1.54, 1.807) is 0 Å². The SMILES string of the molecule is CN(C)C(=O)c1ccc([C@H]2CC[C@H](F)c3cc(F)cc(C#N)c32)c2c1[C@H](O)C(F)(F)C2.N#Cc1cc(F)cc2c1[C@@H](c1ccc(C(=O)O)c3c1CC(F)(F)[C@H]3O)CC[C@@H]2F. The van der Waals surface area contributed by atoms with Gasteiger partial charge in [-0.2, -0.15) is 10.5 Å². The van der Waals surface area contributed by atoms with E-state index in [4.69, 9.17) is 0 Å². The van der Waals surface area contributed by atoms with Crippen molar-refractivity contribution in [2.45, 2.75) is 86.8 Å². The Kier molecular flexibility index (Phi) is 10.8. The van der Waals surface area contributed by atoms with Crippen molar-refractivity contribution in [3.63, 3.8) is 0 Å². The lowest BCUT2D eigenvalue weighted by Crippen LogP contribution is -2.26. The number of benzene rings is 4. The van der Waals surface area contributed by atoms with Crippen molar-refractivity contribution >= 4 is 11.9 Å². The lowest BCUT2D eigenvalue weighted by molar-refractivity contribution is -0.0971. The highest BCUT2D eigenvalue weighted by Gasteiger charge is 2.52. The van der Waals surface area contributed by atoms with Crippen LogP contribution in [0.2, 0.25) is 0 Å². The maximum atomic E-state index is 14.6. The molecule has 0 saturated carbocycles. The Labute approximate surface area is 337 Å². The topological polar surface area (TPSA) is 146 Å². The number of hydrogen-bond donors (Lipinski definition) is 3. The first-order valence-corrected chi connectivity index (χ1v) is 18.8. The predicted octanol–water partition coefficient (Wildman–Crippen LogP) is 9.12. The van der Waals surface area contributed by atoms with Crippen molar-refractivity contribution in [3.8, 4) is 12.1 Å². The summed E-state index contributed by atoms with van der Waals surface area (Å²) in [6, 6.07) is 13.2. The third kappa shape index (κ3) is 6.95. The standard InChI is InChI=1S/C23H20F4N2O2.C21H15F4NO3/c1-29(2)22(31)15-4-3-13(17-9-23(26,27)21(30)20(15)17)14-5-6-18(25)16-8-12(24)7-11(10-28)19(14)16;22-10-5-9(8-26)17-12(3-4-16(23)14(17)6-10)11-1-2-13(20(28)29)18-15(11)7-21(24,25)19(18)27/h3-4,7-8,14,18,21,30H,5-6,9H2,1-2H3;1-2,5-6,12,16,19,27H,3-4,7H2,(H,28,29)/t14-,18+,21+;12-,16+,19+/m11/s1. The van der Waals surface area contributed by atoms with Crippen LogP contribution in [0.1, 0.15) is 150 Å². The average Bonchev–Trinajstić information content (AvgIpc) is 3.59. The van der Waals surface area contributed by atoms with E-state index in [1.807, 2.05) is 12.1 Å². The van der Waals surface area contributed by atoms with Crippen LogP contribution in [0.4, 0.5) is 35.1 Å². The third-order valence-electron chi connectivity index (χ3n) is 12.0. The number of aliphatic hydroxyl groups excluding tert-OH is 2. The van der Waals surface area contributed by atoms with E-state index >= 15 is 0 Å². The van der Waals surface area contributed by atoms with Gasteiger partial charge in [-0.1, -0.05) is 12.1 Å². The number of fused-ring (bicyclic) bond motifs is 4. The zero-order chi connectivity index (χ0) is 43.7. The Balaban J connectivity index is 0.000000182. The van der Waals surface area contributed by atoms with E-state index in [2.05, 4.69) is 0 Å². The molecule has 60 heavy (non-hydrogen) atoms. The van der Waals surface area contributed by atoms with Gasteiger partial charge in [0, 0.05) is 55.5 Å². The highest BCUT2D eigenvalue weighted by molar-refractivity contribution is 5.96. The average molecular weight is 838 g/mol. The van der Waals surface area contributed by atoms with Crippen LogP contribution in [0.5, 0.6) is 0 Å². The van der Waals surface area contributed by atoms with Crippen LogP contribution in [0, 0.1) is 34.3 Å². The van der Waals surface area contributed by atoms with Gasteiger partial charge in [-0.3, -0.25) is 4.79 Å². The number of aliphatic hydroxyl groups is 2. The number of alkyl halides is 6. The summed E-state index contributed by atoms with van der Waals surface area (Å²) in [5.41, 5.74) is 0.299. The number of carbonyl (C=O) groups excluding carboxylic acids is 1. The van der Waals surface area contributed by atoms with Gasteiger partial charge >= 0.3 is 5.97 Å². The molecular formula is C44H35F8N3O5. The van der Waals surface area contributed by atoms with E-state index in [0.29, 0.717) is 11.1 Å². The van der Waals surface area contributed by atoms with E-state index in [0.717, 1.165) is 30.3 Å². The van der Waals surface area contributed by atoms with E-state index in [1.165, 1.54) is 37.2 Å². The van der Waals surface area contributed by atoms with Crippen LogP contribution >= 0.6 is 0 Å². The van der Waals surface area contributed by atoms with Gasteiger partial charge in [0.2, 0.25) is 0 Å². The molecule has 312 valence electrons. The van der Waals surface area contributed by atoms with Crippen LogP contribution in [0.15, 0.2) is 48.5 Å². The van der Waals surface area contributed by atoms with Gasteiger partial charge in [-0.25, -0.2) is 39.9 Å². The second kappa shape index (κ2) is 15.3. The number of amides is 1. The molecule has 0 aliphatic heterocycles. The summed E-state index contributed by atoms with van der Waals surface area (Å²) in [4.78, 5) is 25.3. The van der Waals surface area contributed by atoms with Gasteiger partial charge in [0.25, 0.3) is 17.8 Å². The van der Waals surface area contributed by atoms with Gasteiger partial charge in [-0.15, -0.1) is 0 Å². The molecule has 0 heterocycles. The van der Waals surface area contributed by atoms with Crippen LogP contribution < -0.4 is 0 Å². The van der Waals surface area contributed by atoms with Crippen molar-refractivity contribution in [2.24, 2.45) is 0 Å². The maximum absolute atomic E-state index is 14.6. The second-order valence-corrected chi connectivity index (χ2v) is 15.7. The Morgan fingerprint density at radius 1 is 0.650 bits per heavy atom. The molecule has 0 saturated heterocycles. The lowest BCUT2D eigenvalue weighted by atomic mass is 9.74. The largest absolute Gasteiger partial charge is 0.478 e. The highest BCUT2D eigenvalue weighted by Crippen LogP contribution is 2.53. The summed E-state index contributed by atoms with van der Waals surface area (Å²) in [5.74, 6) is -11.8. The molecule has 0 spiro atoms. The fraction of sp³-hybridized carbons (Fsp3) is 0.364. The monoisotopic (exact) mass is 837 g/mol. The minimum absolute atomic E-state index is 0.000387. The first-order chi connectivity index (χ1) is 28.2. The zero-order valence-electron chi connectivity index (χ0n) is 31.8. The number of hydrogen-bond acceptors (Lipinski definition) is 6. The van der Waals surface area contributed by atoms with Crippen LogP contribution in [0.3, 0.4) is 0 Å². The van der Waals surface area contributed by atoms with E-state index in [9.17, 15) is 70.6 Å². The maximum Gasteiger partial charge on any atom is 0.336 e. The van der Waals surface area contributed by atoms with Crippen molar-refractivity contribution in [1.82, 2.24) is 4.90 Å². The summed E-state index contributed by atoms with van der Waals surface area (Å²) in [6.45, 7) is 0. The molecule has 4 aliphatic carbocycles. The summed E-state index contributed by atoms with van der Waals surface area (Å²) in [5, 5.41) is 48.7. The molecule has 0 fully saturated rings. The Bertz CT molecular complexity index is 2550. The normalized spacial score (nSPS) is 24.0. The lowest BCUT2D eigenvalue weighted by Gasteiger charge is -2.31. The number of rotatable bonds is 4. The first kappa shape index (κ1) is 42.3. The highest BCUT2D eigenvalue weighted by atomic mass is 19.3. The molecule has 3 N–H and O–H groups in total. The molecule has 4 aromatic rings. The number of halogens is 8. The third-order valence-corrected chi connectivity index (χ3v) is 12.0. The predicted molar refractivity (Wildman–Crippen MR) is 197 cm³/mol. The molecular weight excluding hydrogens is 802 g/mol. The Hall–Kier alpha value is -5.84. The molecule has 4 aliphatic rings. The minimum Gasteiger partial charge on any atom is -0.478 e. The molecule has 8 nitrogen and oxygen atoms in total. The summed E-state index contributed by atoms with van der Waals surface area (Å²) >= 11 is 0. The second-order valence-electron chi connectivity index (χ2n) is 15.7. The Morgan fingerprint density at radius 3 is 1.43 bits per heavy atom. The fourth-order valence-corrected chi connectivity index (χ4v) is 9.34. The van der Waals surface area contributed by atoms with Crippen LogP contribution in [-0.2, 0) is 12.8 Å². The molecule has 8 rings (SSSR count). The summed E-state index contributed by atoms with van der Waals surface area (Å²) in [7, 11) is 2.96. The van der Waals surface area contributed by atoms with Crippen molar-refractivity contribution in [1.29, 1.82) is 10.5 Å². The molecule has 4 aromatic carbocycles. The molecule has 1 amide bonds. The van der Waals surface area contributed by atoms with E-state index < -0.39 is 90.1 Å². The Morgan fingerprint density at radius 2 is 1.05 bits per heavy atom. The van der Waals surface area contributed by atoms with Crippen LogP contribution in [-0.4, -0.2) is 58.0 Å². The van der Waals surface area contributed by atoms with Crippen molar-refractivity contribution < 1.29 is 60.0 Å². The van der Waals surface area contributed by atoms with Crippen molar-refractivity contribution in [2.75, 3.05) is 14.1 Å². The molecule has 0 unspecified atom stereocenters. The number of aromatic carboxylic acids is 1. The van der Waals surface area contributed by atoms with E-state index in [-0.39, 0.29) is 86.9 Å². The van der Waals surface area contributed by atoms with Gasteiger partial charge in [0.05, 0.1) is 28.8 Å². The molecule has 6 atom stereocenters. The molecule has 0 aromatic heterocycles. The fourth-order valence-electron chi connectivity index (χ4n) is 9.34. The molecule has 16 heteroatoms. The minimum atomic E-state index is -3.55. The quantitative estimate of drug-likeness (QED) is 0.174. The zero-order valence-corrected chi connectivity index (χ0v) is 31.8. The van der Waals surface area contributed by atoms with Gasteiger partial charge < -0.3 is 20.2 Å². The van der Waals surface area contributed by atoms with Crippen molar-refractivity contribution in [3.05, 3.63) is 138 Å². The number of nitriles is 2. The summed E-state index contributed by atoms with van der Waals surface area (Å²) in [6.07, 6.45) is -8.59. The summed E-state index contributed by atoms with van der Waals surface area (Å²) < 4.78 is 114. The van der Waals surface area contributed by atoms with Gasteiger partial charge in [-0.05, 0) is 107 Å². The van der Waals surface area contributed by atoms with Gasteiger partial charge in [0.15, 0.2) is 0 Å². The first-order valence-electron chi connectivity index (χ1n) is 18.8. The number of carboxylic acids is 1.